The Morgan fingerprint density at radius 1 is 1.05 bits per heavy atom. The standard InChI is InChI=1S/C17H16N2O/c20-17-14-9-3-4-10-15(14)18-16-13-8-2-1-6-12(13)7-5-11-19(16)17/h1-4,6,8-10,16,18H,5,7,11H2. The minimum atomic E-state index is -0.0314. The number of benzene rings is 2. The van der Waals surface area contributed by atoms with Gasteiger partial charge in [-0.15, -0.1) is 0 Å². The van der Waals surface area contributed by atoms with Crippen LogP contribution in [0.1, 0.15) is 34.1 Å². The number of anilines is 1. The first-order valence-corrected chi connectivity index (χ1v) is 7.09. The number of carbonyl (C=O) groups excluding carboxylic acids is 1. The molecule has 1 N–H and O–H groups in total. The average molecular weight is 264 g/mol. The number of hydrogen-bond donors (Lipinski definition) is 1. The molecule has 0 aliphatic carbocycles. The summed E-state index contributed by atoms with van der Waals surface area (Å²) in [5.74, 6) is 0.140. The highest BCUT2D eigenvalue weighted by Crippen LogP contribution is 2.36. The molecule has 0 saturated heterocycles. The van der Waals surface area contributed by atoms with Gasteiger partial charge in [0.2, 0.25) is 0 Å². The van der Waals surface area contributed by atoms with E-state index in [1.54, 1.807) is 0 Å². The maximum Gasteiger partial charge on any atom is 0.257 e. The summed E-state index contributed by atoms with van der Waals surface area (Å²) < 4.78 is 0. The van der Waals surface area contributed by atoms with Gasteiger partial charge in [0.05, 0.1) is 5.56 Å². The van der Waals surface area contributed by atoms with Crippen molar-refractivity contribution in [1.29, 1.82) is 0 Å². The molecule has 0 spiro atoms. The third-order valence-corrected chi connectivity index (χ3v) is 4.22. The molecule has 0 bridgehead atoms. The first kappa shape index (κ1) is 11.5. The summed E-state index contributed by atoms with van der Waals surface area (Å²) in [6, 6.07) is 16.2. The quantitative estimate of drug-likeness (QED) is 0.792. The normalized spacial score (nSPS) is 20.3. The van der Waals surface area contributed by atoms with E-state index in [2.05, 4.69) is 29.6 Å². The number of carbonyl (C=O) groups is 1. The second-order valence-corrected chi connectivity index (χ2v) is 5.39. The smallest absolute Gasteiger partial charge is 0.257 e. The van der Waals surface area contributed by atoms with Crippen molar-refractivity contribution in [3.63, 3.8) is 0 Å². The lowest BCUT2D eigenvalue weighted by Gasteiger charge is -2.37. The van der Waals surface area contributed by atoms with Gasteiger partial charge in [0.15, 0.2) is 0 Å². The molecule has 0 radical (unpaired) electrons. The molecule has 1 amide bonds. The molecule has 1 unspecified atom stereocenters. The van der Waals surface area contributed by atoms with Crippen molar-refractivity contribution in [3.05, 3.63) is 65.2 Å². The maximum absolute atomic E-state index is 12.7. The predicted octanol–water partition coefficient (Wildman–Crippen LogP) is 3.20. The summed E-state index contributed by atoms with van der Waals surface area (Å²) in [6.45, 7) is 0.805. The summed E-state index contributed by atoms with van der Waals surface area (Å²) in [5, 5.41) is 3.53. The first-order chi connectivity index (χ1) is 9.84. The van der Waals surface area contributed by atoms with Gasteiger partial charge < -0.3 is 10.2 Å². The zero-order chi connectivity index (χ0) is 13.5. The summed E-state index contributed by atoms with van der Waals surface area (Å²) in [7, 11) is 0. The minimum absolute atomic E-state index is 0.0314. The van der Waals surface area contributed by atoms with E-state index in [0.29, 0.717) is 0 Å². The van der Waals surface area contributed by atoms with E-state index in [1.807, 2.05) is 29.2 Å². The third kappa shape index (κ3) is 1.63. The van der Waals surface area contributed by atoms with E-state index in [-0.39, 0.29) is 12.1 Å². The van der Waals surface area contributed by atoms with Crippen LogP contribution in [0.4, 0.5) is 5.69 Å². The monoisotopic (exact) mass is 264 g/mol. The first-order valence-electron chi connectivity index (χ1n) is 7.09. The Labute approximate surface area is 118 Å². The highest BCUT2D eigenvalue weighted by Gasteiger charge is 2.34. The van der Waals surface area contributed by atoms with Crippen molar-refractivity contribution in [3.8, 4) is 0 Å². The van der Waals surface area contributed by atoms with E-state index >= 15 is 0 Å². The number of aryl methyl sites for hydroxylation is 1. The van der Waals surface area contributed by atoms with E-state index in [9.17, 15) is 4.79 Å². The molecule has 2 aliphatic heterocycles. The zero-order valence-corrected chi connectivity index (χ0v) is 11.2. The Balaban J connectivity index is 1.86. The summed E-state index contributed by atoms with van der Waals surface area (Å²) in [6.07, 6.45) is 2.02. The van der Waals surface area contributed by atoms with Crippen molar-refractivity contribution < 1.29 is 4.79 Å². The van der Waals surface area contributed by atoms with Crippen molar-refractivity contribution >= 4 is 11.6 Å². The average Bonchev–Trinajstić information content (AvgIpc) is 2.68. The lowest BCUT2D eigenvalue weighted by molar-refractivity contribution is 0.0687. The van der Waals surface area contributed by atoms with Gasteiger partial charge in [-0.1, -0.05) is 36.4 Å². The fourth-order valence-corrected chi connectivity index (χ4v) is 3.24. The Hall–Kier alpha value is -2.29. The molecule has 0 saturated carbocycles. The molecule has 3 heteroatoms. The molecule has 100 valence electrons. The molecule has 2 aromatic rings. The van der Waals surface area contributed by atoms with Crippen LogP contribution in [0, 0.1) is 0 Å². The number of para-hydroxylation sites is 1. The highest BCUT2D eigenvalue weighted by molar-refractivity contribution is 6.01. The van der Waals surface area contributed by atoms with Crippen LogP contribution in [0.3, 0.4) is 0 Å². The van der Waals surface area contributed by atoms with Crippen LogP contribution < -0.4 is 5.32 Å². The van der Waals surface area contributed by atoms with Gasteiger partial charge in [-0.25, -0.2) is 0 Å². The number of nitrogens with one attached hydrogen (secondary N) is 1. The Morgan fingerprint density at radius 3 is 2.80 bits per heavy atom. The van der Waals surface area contributed by atoms with Gasteiger partial charge in [-0.3, -0.25) is 4.79 Å². The predicted molar refractivity (Wildman–Crippen MR) is 78.6 cm³/mol. The van der Waals surface area contributed by atoms with Crippen LogP contribution in [0.15, 0.2) is 48.5 Å². The van der Waals surface area contributed by atoms with Crippen LogP contribution in [0.2, 0.25) is 0 Å². The van der Waals surface area contributed by atoms with E-state index in [1.165, 1.54) is 11.1 Å². The molecule has 2 aliphatic rings. The molecule has 0 aromatic heterocycles. The molecule has 0 fully saturated rings. The summed E-state index contributed by atoms with van der Waals surface area (Å²) in [5.41, 5.74) is 4.30. The van der Waals surface area contributed by atoms with E-state index in [0.717, 1.165) is 30.6 Å². The number of nitrogens with zero attached hydrogens (tertiary/aromatic N) is 1. The van der Waals surface area contributed by atoms with Gasteiger partial charge in [0.1, 0.15) is 6.17 Å². The third-order valence-electron chi connectivity index (χ3n) is 4.22. The molecule has 20 heavy (non-hydrogen) atoms. The van der Waals surface area contributed by atoms with Crippen molar-refractivity contribution in [1.82, 2.24) is 4.90 Å². The number of amides is 1. The molecule has 3 nitrogen and oxygen atoms in total. The van der Waals surface area contributed by atoms with Gasteiger partial charge in [-0.2, -0.15) is 0 Å². The lowest BCUT2D eigenvalue weighted by Crippen LogP contribution is -2.42. The Bertz CT molecular complexity index is 680. The van der Waals surface area contributed by atoms with Gasteiger partial charge in [-0.05, 0) is 36.1 Å². The fraction of sp³-hybridized carbons (Fsp3) is 0.235. The largest absolute Gasteiger partial charge is 0.361 e. The Kier molecular flexibility index (Phi) is 2.52. The van der Waals surface area contributed by atoms with E-state index < -0.39 is 0 Å². The van der Waals surface area contributed by atoms with Crippen molar-refractivity contribution in [2.45, 2.75) is 19.0 Å². The van der Waals surface area contributed by atoms with Crippen LogP contribution in [0.25, 0.3) is 0 Å². The number of rotatable bonds is 0. The minimum Gasteiger partial charge on any atom is -0.361 e. The maximum atomic E-state index is 12.7. The van der Waals surface area contributed by atoms with Crippen LogP contribution in [-0.2, 0) is 6.42 Å². The molecule has 4 rings (SSSR count). The second kappa shape index (κ2) is 4.37. The molecule has 2 aromatic carbocycles. The topological polar surface area (TPSA) is 32.3 Å². The second-order valence-electron chi connectivity index (χ2n) is 5.39. The van der Waals surface area contributed by atoms with Crippen LogP contribution in [-0.4, -0.2) is 17.4 Å². The van der Waals surface area contributed by atoms with Crippen LogP contribution >= 0.6 is 0 Å². The summed E-state index contributed by atoms with van der Waals surface area (Å²) in [4.78, 5) is 14.7. The fourth-order valence-electron chi connectivity index (χ4n) is 3.24. The molecular formula is C17H16N2O. The lowest BCUT2D eigenvalue weighted by atomic mass is 10.00. The molecular weight excluding hydrogens is 248 g/mol. The van der Waals surface area contributed by atoms with Gasteiger partial charge in [0.25, 0.3) is 5.91 Å². The van der Waals surface area contributed by atoms with E-state index in [4.69, 9.17) is 0 Å². The molecule has 1 atom stereocenters. The SMILES string of the molecule is O=C1c2ccccc2NC2c3ccccc3CCCN12. The Morgan fingerprint density at radius 2 is 1.85 bits per heavy atom. The van der Waals surface area contributed by atoms with Crippen molar-refractivity contribution in [2.24, 2.45) is 0 Å². The van der Waals surface area contributed by atoms with Crippen LogP contribution in [0.5, 0.6) is 0 Å². The highest BCUT2D eigenvalue weighted by atomic mass is 16.2. The molecule has 2 heterocycles. The van der Waals surface area contributed by atoms with Gasteiger partial charge in [0, 0.05) is 12.2 Å². The summed E-state index contributed by atoms with van der Waals surface area (Å²) >= 11 is 0. The van der Waals surface area contributed by atoms with Crippen molar-refractivity contribution in [2.75, 3.05) is 11.9 Å². The number of hydrogen-bond acceptors (Lipinski definition) is 2. The zero-order valence-electron chi connectivity index (χ0n) is 11.2. The van der Waals surface area contributed by atoms with Gasteiger partial charge >= 0.3 is 0 Å². The number of fused-ring (bicyclic) bond motifs is 4.